The van der Waals surface area contributed by atoms with Gasteiger partial charge < -0.3 is 20.3 Å². The maximum Gasteiger partial charge on any atom is 0.127 e. The summed E-state index contributed by atoms with van der Waals surface area (Å²) in [6.45, 7) is 0.497. The Kier molecular flexibility index (Phi) is 4.85. The van der Waals surface area contributed by atoms with E-state index in [-0.39, 0.29) is 6.61 Å². The zero-order valence-corrected chi connectivity index (χ0v) is 11.5. The van der Waals surface area contributed by atoms with Crippen LogP contribution in [0, 0.1) is 0 Å². The fraction of sp³-hybridized carbons (Fsp3) is 0.250. The van der Waals surface area contributed by atoms with Crippen LogP contribution in [0.25, 0.3) is 0 Å². The molecule has 20 heavy (non-hydrogen) atoms. The molecular formula is C16H19NO3. The highest BCUT2D eigenvalue weighted by Crippen LogP contribution is 2.25. The lowest BCUT2D eigenvalue weighted by atomic mass is 10.1. The van der Waals surface area contributed by atoms with Crippen LogP contribution in [0.15, 0.2) is 42.5 Å². The highest BCUT2D eigenvalue weighted by molar-refractivity contribution is 5.48. The normalized spacial score (nSPS) is 10.3. The van der Waals surface area contributed by atoms with Crippen LogP contribution in [0.2, 0.25) is 0 Å². The number of ether oxygens (including phenoxy) is 2. The zero-order chi connectivity index (χ0) is 14.4. The zero-order valence-electron chi connectivity index (χ0n) is 11.5. The molecule has 0 atom stereocenters. The molecule has 4 heteroatoms. The van der Waals surface area contributed by atoms with Crippen LogP contribution in [-0.2, 0) is 13.0 Å². The van der Waals surface area contributed by atoms with Gasteiger partial charge in [0.15, 0.2) is 0 Å². The van der Waals surface area contributed by atoms with Crippen LogP contribution in [0.1, 0.15) is 11.1 Å². The number of anilines is 1. The van der Waals surface area contributed by atoms with E-state index in [4.69, 9.17) is 20.3 Å². The molecule has 0 bridgehead atoms. The van der Waals surface area contributed by atoms with Gasteiger partial charge in [0.1, 0.15) is 18.1 Å². The van der Waals surface area contributed by atoms with E-state index in [1.54, 1.807) is 13.2 Å². The Morgan fingerprint density at radius 3 is 2.60 bits per heavy atom. The SMILES string of the molecule is COc1cc(N)ccc1COc1ccccc1CCO. The van der Waals surface area contributed by atoms with Gasteiger partial charge >= 0.3 is 0 Å². The molecule has 0 amide bonds. The quantitative estimate of drug-likeness (QED) is 0.793. The summed E-state index contributed by atoms with van der Waals surface area (Å²) < 4.78 is 11.1. The van der Waals surface area contributed by atoms with E-state index in [0.717, 1.165) is 16.9 Å². The summed E-state index contributed by atoms with van der Waals surface area (Å²) in [5.74, 6) is 1.49. The molecule has 0 saturated heterocycles. The molecule has 0 aromatic heterocycles. The predicted molar refractivity (Wildman–Crippen MR) is 79.0 cm³/mol. The molecule has 106 valence electrons. The lowest BCUT2D eigenvalue weighted by Crippen LogP contribution is -2.02. The molecular weight excluding hydrogens is 254 g/mol. The Morgan fingerprint density at radius 2 is 1.85 bits per heavy atom. The van der Waals surface area contributed by atoms with E-state index >= 15 is 0 Å². The molecule has 2 aromatic carbocycles. The van der Waals surface area contributed by atoms with Gasteiger partial charge in [-0.05, 0) is 30.2 Å². The molecule has 2 rings (SSSR count). The average molecular weight is 273 g/mol. The van der Waals surface area contributed by atoms with Crippen molar-refractivity contribution in [1.29, 1.82) is 0 Å². The van der Waals surface area contributed by atoms with Crippen LogP contribution >= 0.6 is 0 Å². The van der Waals surface area contributed by atoms with Crippen LogP contribution in [0.3, 0.4) is 0 Å². The molecule has 0 spiro atoms. The number of nitrogen functional groups attached to an aromatic ring is 1. The number of nitrogens with two attached hydrogens (primary N) is 1. The molecule has 3 N–H and O–H groups in total. The Labute approximate surface area is 118 Å². The Bertz CT molecular complexity index is 569. The van der Waals surface area contributed by atoms with Gasteiger partial charge in [-0.3, -0.25) is 0 Å². The first-order valence-corrected chi connectivity index (χ1v) is 6.48. The summed E-state index contributed by atoms with van der Waals surface area (Å²) in [7, 11) is 1.61. The van der Waals surface area contributed by atoms with Crippen molar-refractivity contribution in [3.05, 3.63) is 53.6 Å². The van der Waals surface area contributed by atoms with E-state index in [2.05, 4.69) is 0 Å². The molecule has 0 aliphatic carbocycles. The number of rotatable bonds is 6. The first-order valence-electron chi connectivity index (χ1n) is 6.48. The van der Waals surface area contributed by atoms with E-state index in [1.165, 1.54) is 0 Å². The largest absolute Gasteiger partial charge is 0.496 e. The van der Waals surface area contributed by atoms with Crippen molar-refractivity contribution in [3.63, 3.8) is 0 Å². The van der Waals surface area contributed by atoms with E-state index in [0.29, 0.717) is 24.5 Å². The number of hydrogen-bond acceptors (Lipinski definition) is 4. The minimum atomic E-state index is 0.103. The third-order valence-electron chi connectivity index (χ3n) is 3.05. The van der Waals surface area contributed by atoms with Crippen LogP contribution in [-0.4, -0.2) is 18.8 Å². The Morgan fingerprint density at radius 1 is 1.05 bits per heavy atom. The van der Waals surface area contributed by atoms with Gasteiger partial charge in [-0.15, -0.1) is 0 Å². The van der Waals surface area contributed by atoms with Crippen molar-refractivity contribution in [2.24, 2.45) is 0 Å². The van der Waals surface area contributed by atoms with Gasteiger partial charge in [0, 0.05) is 23.9 Å². The summed E-state index contributed by atoms with van der Waals surface area (Å²) >= 11 is 0. The topological polar surface area (TPSA) is 64.7 Å². The van der Waals surface area contributed by atoms with Crippen LogP contribution in [0.5, 0.6) is 11.5 Å². The number of aliphatic hydroxyl groups excluding tert-OH is 1. The lowest BCUT2D eigenvalue weighted by molar-refractivity contribution is 0.280. The van der Waals surface area contributed by atoms with Gasteiger partial charge in [0.05, 0.1) is 7.11 Å². The molecule has 4 nitrogen and oxygen atoms in total. The second kappa shape index (κ2) is 6.82. The maximum absolute atomic E-state index is 9.05. The van der Waals surface area contributed by atoms with Gasteiger partial charge in [-0.1, -0.05) is 18.2 Å². The van der Waals surface area contributed by atoms with Crippen molar-refractivity contribution in [2.75, 3.05) is 19.5 Å². The molecule has 0 aliphatic rings. The average Bonchev–Trinajstić information content (AvgIpc) is 2.47. The molecule has 0 unspecified atom stereocenters. The number of methoxy groups -OCH3 is 1. The Balaban J connectivity index is 2.13. The van der Waals surface area contributed by atoms with E-state index in [9.17, 15) is 0 Å². The van der Waals surface area contributed by atoms with Gasteiger partial charge in [-0.2, -0.15) is 0 Å². The molecule has 0 saturated carbocycles. The number of hydrogen-bond donors (Lipinski definition) is 2. The third-order valence-corrected chi connectivity index (χ3v) is 3.05. The standard InChI is InChI=1S/C16H19NO3/c1-19-16-10-14(17)7-6-13(16)11-20-15-5-3-2-4-12(15)8-9-18/h2-7,10,18H,8-9,11,17H2,1H3. The summed E-state index contributed by atoms with van der Waals surface area (Å²) in [5, 5.41) is 9.05. The summed E-state index contributed by atoms with van der Waals surface area (Å²) in [4.78, 5) is 0. The second-order valence-corrected chi connectivity index (χ2v) is 4.44. The summed E-state index contributed by atoms with van der Waals surface area (Å²) in [6.07, 6.45) is 0.578. The minimum absolute atomic E-state index is 0.103. The first kappa shape index (κ1) is 14.2. The smallest absolute Gasteiger partial charge is 0.127 e. The van der Waals surface area contributed by atoms with Crippen LogP contribution < -0.4 is 15.2 Å². The number of benzene rings is 2. The fourth-order valence-corrected chi connectivity index (χ4v) is 2.01. The summed E-state index contributed by atoms with van der Waals surface area (Å²) in [6, 6.07) is 13.2. The molecule has 0 heterocycles. The van der Waals surface area contributed by atoms with Crippen molar-refractivity contribution < 1.29 is 14.6 Å². The monoisotopic (exact) mass is 273 g/mol. The fourth-order valence-electron chi connectivity index (χ4n) is 2.01. The van der Waals surface area contributed by atoms with Crippen molar-refractivity contribution in [2.45, 2.75) is 13.0 Å². The maximum atomic E-state index is 9.05. The molecule has 0 aliphatic heterocycles. The highest BCUT2D eigenvalue weighted by Gasteiger charge is 2.07. The number of para-hydroxylation sites is 1. The Hall–Kier alpha value is -2.20. The first-order chi connectivity index (χ1) is 9.74. The van der Waals surface area contributed by atoms with Crippen molar-refractivity contribution in [3.8, 4) is 11.5 Å². The summed E-state index contributed by atoms with van der Waals surface area (Å²) in [5.41, 5.74) is 8.31. The predicted octanol–water partition coefficient (Wildman–Crippen LogP) is 2.39. The second-order valence-electron chi connectivity index (χ2n) is 4.44. The van der Waals surface area contributed by atoms with Gasteiger partial charge in [0.2, 0.25) is 0 Å². The minimum Gasteiger partial charge on any atom is -0.496 e. The van der Waals surface area contributed by atoms with Crippen molar-refractivity contribution in [1.82, 2.24) is 0 Å². The van der Waals surface area contributed by atoms with E-state index < -0.39 is 0 Å². The highest BCUT2D eigenvalue weighted by atomic mass is 16.5. The van der Waals surface area contributed by atoms with Gasteiger partial charge in [0.25, 0.3) is 0 Å². The van der Waals surface area contributed by atoms with E-state index in [1.807, 2.05) is 36.4 Å². The molecule has 0 radical (unpaired) electrons. The lowest BCUT2D eigenvalue weighted by Gasteiger charge is -2.13. The molecule has 2 aromatic rings. The molecule has 0 fully saturated rings. The third kappa shape index (κ3) is 3.42. The number of aliphatic hydroxyl groups is 1. The van der Waals surface area contributed by atoms with Gasteiger partial charge in [-0.25, -0.2) is 0 Å². The van der Waals surface area contributed by atoms with Crippen LogP contribution in [0.4, 0.5) is 5.69 Å². The van der Waals surface area contributed by atoms with Crippen molar-refractivity contribution >= 4 is 5.69 Å².